The molecule has 0 saturated heterocycles. The fourth-order valence-corrected chi connectivity index (χ4v) is 1.53. The largest absolute Gasteiger partial charge is 0.383 e. The minimum Gasteiger partial charge on any atom is -0.383 e. The molecular weight excluding hydrogens is 251 g/mol. The minimum absolute atomic E-state index is 0.0943. The van der Waals surface area contributed by atoms with E-state index in [0.29, 0.717) is 13.2 Å². The monoisotopic (exact) mass is 268 g/mol. The first-order valence-corrected chi connectivity index (χ1v) is 5.84. The van der Waals surface area contributed by atoms with Crippen molar-refractivity contribution in [3.8, 4) is 0 Å². The third-order valence-electron chi connectivity index (χ3n) is 2.45. The van der Waals surface area contributed by atoms with E-state index in [0.717, 1.165) is 4.90 Å². The first kappa shape index (κ1) is 15.1. The maximum Gasteiger partial charge on any atom is 0.240 e. The van der Waals surface area contributed by atoms with Gasteiger partial charge in [0.2, 0.25) is 11.8 Å². The van der Waals surface area contributed by atoms with Gasteiger partial charge < -0.3 is 15.0 Å². The molecule has 1 aromatic carbocycles. The zero-order chi connectivity index (χ0) is 14.3. The average molecular weight is 268 g/mol. The number of nitrogens with one attached hydrogen (secondary N) is 1. The standard InChI is InChI=1S/C13H17FN2O3/c1-10(17)16(9-13(18)15-7-8-19-2)12-6-4-3-5-11(12)14/h3-6H,7-9H2,1-2H3,(H,15,18). The van der Waals surface area contributed by atoms with Crippen LogP contribution in [0.5, 0.6) is 0 Å². The smallest absolute Gasteiger partial charge is 0.240 e. The molecule has 0 radical (unpaired) electrons. The van der Waals surface area contributed by atoms with Gasteiger partial charge in [0.1, 0.15) is 12.4 Å². The fraction of sp³-hybridized carbons (Fsp3) is 0.385. The number of hydrogen-bond donors (Lipinski definition) is 1. The number of benzene rings is 1. The van der Waals surface area contributed by atoms with Crippen LogP contribution in [-0.4, -0.2) is 38.6 Å². The van der Waals surface area contributed by atoms with E-state index in [4.69, 9.17) is 4.74 Å². The summed E-state index contributed by atoms with van der Waals surface area (Å²) in [5.74, 6) is -1.30. The highest BCUT2D eigenvalue weighted by Gasteiger charge is 2.18. The molecule has 0 bridgehead atoms. The van der Waals surface area contributed by atoms with Crippen molar-refractivity contribution in [3.05, 3.63) is 30.1 Å². The molecule has 0 aliphatic heterocycles. The summed E-state index contributed by atoms with van der Waals surface area (Å²) >= 11 is 0. The Labute approximate surface area is 111 Å². The molecule has 0 heterocycles. The SMILES string of the molecule is COCCNC(=O)CN(C(C)=O)c1ccccc1F. The van der Waals surface area contributed by atoms with Crippen LogP contribution < -0.4 is 10.2 Å². The van der Waals surface area contributed by atoms with Crippen LogP contribution in [0.15, 0.2) is 24.3 Å². The van der Waals surface area contributed by atoms with Crippen LogP contribution in [0.4, 0.5) is 10.1 Å². The number of halogens is 1. The second-order valence-corrected chi connectivity index (χ2v) is 3.90. The Kier molecular flexibility index (Phi) is 5.95. The Morgan fingerprint density at radius 2 is 2.05 bits per heavy atom. The molecule has 0 aromatic heterocycles. The zero-order valence-corrected chi connectivity index (χ0v) is 11.0. The number of rotatable bonds is 6. The summed E-state index contributed by atoms with van der Waals surface area (Å²) in [6, 6.07) is 5.83. The van der Waals surface area contributed by atoms with Crippen molar-refractivity contribution in [1.29, 1.82) is 0 Å². The third kappa shape index (κ3) is 4.67. The van der Waals surface area contributed by atoms with Gasteiger partial charge in [-0.2, -0.15) is 0 Å². The Morgan fingerprint density at radius 1 is 1.37 bits per heavy atom. The molecule has 6 heteroatoms. The maximum atomic E-state index is 13.6. The number of amides is 2. The topological polar surface area (TPSA) is 58.6 Å². The average Bonchev–Trinajstić information content (AvgIpc) is 2.37. The van der Waals surface area contributed by atoms with Gasteiger partial charge in [0.25, 0.3) is 0 Å². The molecule has 0 spiro atoms. The molecule has 0 atom stereocenters. The molecule has 1 rings (SSSR count). The fourth-order valence-electron chi connectivity index (χ4n) is 1.53. The van der Waals surface area contributed by atoms with Crippen molar-refractivity contribution in [2.75, 3.05) is 31.7 Å². The second-order valence-electron chi connectivity index (χ2n) is 3.90. The number of hydrogen-bond acceptors (Lipinski definition) is 3. The molecule has 0 unspecified atom stereocenters. The molecule has 1 N–H and O–H groups in total. The Hall–Kier alpha value is -1.95. The first-order chi connectivity index (χ1) is 9.06. The van der Waals surface area contributed by atoms with Gasteiger partial charge in [-0.15, -0.1) is 0 Å². The molecule has 0 fully saturated rings. The molecule has 5 nitrogen and oxygen atoms in total. The highest BCUT2D eigenvalue weighted by Crippen LogP contribution is 2.18. The number of nitrogens with zero attached hydrogens (tertiary/aromatic N) is 1. The first-order valence-electron chi connectivity index (χ1n) is 5.84. The van der Waals surface area contributed by atoms with Crippen molar-refractivity contribution in [2.24, 2.45) is 0 Å². The highest BCUT2D eigenvalue weighted by atomic mass is 19.1. The van der Waals surface area contributed by atoms with Gasteiger partial charge in [0.05, 0.1) is 12.3 Å². The van der Waals surface area contributed by atoms with Crippen molar-refractivity contribution in [1.82, 2.24) is 5.32 Å². The Bertz CT molecular complexity index is 451. The Balaban J connectivity index is 2.72. The van der Waals surface area contributed by atoms with E-state index in [1.54, 1.807) is 6.07 Å². The molecule has 19 heavy (non-hydrogen) atoms. The summed E-state index contributed by atoms with van der Waals surface area (Å²) < 4.78 is 18.4. The van der Waals surface area contributed by atoms with Gasteiger partial charge in [-0.05, 0) is 12.1 Å². The Morgan fingerprint density at radius 3 is 2.63 bits per heavy atom. The van der Waals surface area contributed by atoms with Crippen LogP contribution in [0, 0.1) is 5.82 Å². The number of methoxy groups -OCH3 is 1. The van der Waals surface area contributed by atoms with E-state index in [9.17, 15) is 14.0 Å². The number of ether oxygens (including phenoxy) is 1. The molecule has 2 amide bonds. The van der Waals surface area contributed by atoms with Gasteiger partial charge >= 0.3 is 0 Å². The lowest BCUT2D eigenvalue weighted by Gasteiger charge is -2.21. The number of para-hydroxylation sites is 1. The van der Waals surface area contributed by atoms with Gasteiger partial charge in [-0.1, -0.05) is 12.1 Å². The van der Waals surface area contributed by atoms with Crippen molar-refractivity contribution in [3.63, 3.8) is 0 Å². The van der Waals surface area contributed by atoms with E-state index in [1.165, 1.54) is 32.2 Å². The van der Waals surface area contributed by atoms with E-state index < -0.39 is 11.7 Å². The van der Waals surface area contributed by atoms with Gasteiger partial charge in [0.15, 0.2) is 0 Å². The number of carbonyl (C=O) groups is 2. The summed E-state index contributed by atoms with van der Waals surface area (Å²) in [5.41, 5.74) is 0.0943. The minimum atomic E-state index is -0.539. The third-order valence-corrected chi connectivity index (χ3v) is 2.45. The van der Waals surface area contributed by atoms with Crippen LogP contribution >= 0.6 is 0 Å². The molecule has 1 aromatic rings. The predicted octanol–water partition coefficient (Wildman–Crippen LogP) is 0.941. The lowest BCUT2D eigenvalue weighted by Crippen LogP contribution is -2.41. The van der Waals surface area contributed by atoms with Crippen LogP contribution in [0.1, 0.15) is 6.92 Å². The molecule has 0 saturated carbocycles. The van der Waals surface area contributed by atoms with Gasteiger partial charge in [0, 0.05) is 20.6 Å². The maximum absolute atomic E-state index is 13.6. The lowest BCUT2D eigenvalue weighted by molar-refractivity contribution is -0.123. The van der Waals surface area contributed by atoms with Gasteiger partial charge in [-0.25, -0.2) is 4.39 Å². The van der Waals surface area contributed by atoms with Gasteiger partial charge in [-0.3, -0.25) is 9.59 Å². The summed E-state index contributed by atoms with van der Waals surface area (Å²) in [4.78, 5) is 24.2. The van der Waals surface area contributed by atoms with E-state index in [2.05, 4.69) is 5.32 Å². The van der Waals surface area contributed by atoms with Crippen LogP contribution in [0.25, 0.3) is 0 Å². The molecule has 0 aliphatic carbocycles. The lowest BCUT2D eigenvalue weighted by atomic mass is 10.2. The number of anilines is 1. The molecule has 0 aliphatic rings. The summed E-state index contributed by atoms with van der Waals surface area (Å²) in [7, 11) is 1.52. The summed E-state index contributed by atoms with van der Waals surface area (Å²) in [6.07, 6.45) is 0. The zero-order valence-electron chi connectivity index (χ0n) is 11.0. The molecule has 104 valence electrons. The highest BCUT2D eigenvalue weighted by molar-refractivity contribution is 5.97. The van der Waals surface area contributed by atoms with E-state index in [-0.39, 0.29) is 18.1 Å². The normalized spacial score (nSPS) is 10.1. The summed E-state index contributed by atoms with van der Waals surface area (Å²) in [6.45, 7) is 1.79. The van der Waals surface area contributed by atoms with Crippen LogP contribution in [-0.2, 0) is 14.3 Å². The molecular formula is C13H17FN2O3. The van der Waals surface area contributed by atoms with Crippen molar-refractivity contribution < 1.29 is 18.7 Å². The van der Waals surface area contributed by atoms with Crippen LogP contribution in [0.3, 0.4) is 0 Å². The second kappa shape index (κ2) is 7.48. The van der Waals surface area contributed by atoms with E-state index >= 15 is 0 Å². The van der Waals surface area contributed by atoms with Crippen molar-refractivity contribution >= 4 is 17.5 Å². The van der Waals surface area contributed by atoms with E-state index in [1.807, 2.05) is 0 Å². The summed E-state index contributed by atoms with van der Waals surface area (Å²) in [5, 5.41) is 2.58. The number of carbonyl (C=O) groups excluding carboxylic acids is 2. The predicted molar refractivity (Wildman–Crippen MR) is 69.3 cm³/mol. The quantitative estimate of drug-likeness (QED) is 0.781. The van der Waals surface area contributed by atoms with Crippen molar-refractivity contribution in [2.45, 2.75) is 6.92 Å². The van der Waals surface area contributed by atoms with Crippen LogP contribution in [0.2, 0.25) is 0 Å².